The third-order valence-electron chi connectivity index (χ3n) is 2.45. The summed E-state index contributed by atoms with van der Waals surface area (Å²) in [5.41, 5.74) is 0.824. The summed E-state index contributed by atoms with van der Waals surface area (Å²) >= 11 is 3.99. The smallest absolute Gasteiger partial charge is 0.408 e. The van der Waals surface area contributed by atoms with Gasteiger partial charge < -0.3 is 14.8 Å². The van der Waals surface area contributed by atoms with Crippen molar-refractivity contribution in [2.24, 2.45) is 0 Å². The van der Waals surface area contributed by atoms with Gasteiger partial charge in [0.1, 0.15) is 12.6 Å². The van der Waals surface area contributed by atoms with Crippen LogP contribution >= 0.6 is 12.6 Å². The quantitative estimate of drug-likeness (QED) is 0.475. The first-order valence-corrected chi connectivity index (χ1v) is 6.96. The minimum absolute atomic E-state index is 0.0853. The molecule has 0 aromatic heterocycles. The van der Waals surface area contributed by atoms with Crippen LogP contribution in [-0.2, 0) is 25.7 Å². The molecule has 21 heavy (non-hydrogen) atoms. The predicted octanol–water partition coefficient (Wildman–Crippen LogP) is 1.69. The molecule has 0 fully saturated rings. The van der Waals surface area contributed by atoms with Crippen molar-refractivity contribution in [2.45, 2.75) is 26.0 Å². The second kappa shape index (κ2) is 9.02. The van der Waals surface area contributed by atoms with Crippen LogP contribution in [0, 0.1) is 0 Å². The molecule has 0 heterocycles. The monoisotopic (exact) mass is 311 g/mol. The van der Waals surface area contributed by atoms with Gasteiger partial charge >= 0.3 is 18.0 Å². The number of nitrogens with one attached hydrogen (secondary N) is 1. The van der Waals surface area contributed by atoms with Crippen LogP contribution in [0.2, 0.25) is 0 Å². The van der Waals surface area contributed by atoms with E-state index in [0.29, 0.717) is 5.75 Å². The number of ether oxygens (including phenoxy) is 2. The van der Waals surface area contributed by atoms with Gasteiger partial charge in [0.25, 0.3) is 0 Å². The van der Waals surface area contributed by atoms with Crippen LogP contribution in [0.5, 0.6) is 0 Å². The van der Waals surface area contributed by atoms with Gasteiger partial charge in [-0.2, -0.15) is 12.6 Å². The van der Waals surface area contributed by atoms with Crippen LogP contribution in [0.4, 0.5) is 4.79 Å². The van der Waals surface area contributed by atoms with E-state index in [1.165, 1.54) is 0 Å². The Labute approximate surface area is 128 Å². The second-order valence-electron chi connectivity index (χ2n) is 4.18. The number of carbonyl (C=O) groups is 3. The fourth-order valence-corrected chi connectivity index (χ4v) is 1.76. The minimum atomic E-state index is -0.963. The third-order valence-corrected chi connectivity index (χ3v) is 2.71. The molecule has 0 saturated carbocycles. The van der Waals surface area contributed by atoms with Gasteiger partial charge in [-0.25, -0.2) is 9.59 Å². The fourth-order valence-electron chi connectivity index (χ4n) is 1.50. The van der Waals surface area contributed by atoms with E-state index in [0.717, 1.165) is 12.5 Å². The Kier molecular flexibility index (Phi) is 7.31. The maximum atomic E-state index is 11.6. The first-order valence-electron chi connectivity index (χ1n) is 6.33. The summed E-state index contributed by atoms with van der Waals surface area (Å²) in [4.78, 5) is 34.0. The lowest BCUT2D eigenvalue weighted by Crippen LogP contribution is -2.42. The Morgan fingerprint density at radius 3 is 2.48 bits per heavy atom. The standard InChI is InChI=1S/C14H17NO5S/c1-10(16)20-13(17)12(7-8-21)15-14(18)19-9-11-5-3-2-4-6-11/h2-6,12,21H,7-9H2,1H3,(H,15,18)/t12-/m0/s1. The van der Waals surface area contributed by atoms with E-state index in [2.05, 4.69) is 22.7 Å². The number of hydrogen-bond donors (Lipinski definition) is 2. The topological polar surface area (TPSA) is 81.7 Å². The van der Waals surface area contributed by atoms with Crippen molar-refractivity contribution in [3.63, 3.8) is 0 Å². The molecule has 0 aliphatic carbocycles. The molecule has 1 aromatic carbocycles. The number of esters is 2. The number of rotatable bonds is 6. The van der Waals surface area contributed by atoms with Crippen molar-refractivity contribution in [2.75, 3.05) is 5.75 Å². The molecule has 6 nitrogen and oxygen atoms in total. The molecule has 0 saturated heterocycles. The van der Waals surface area contributed by atoms with Gasteiger partial charge in [-0.15, -0.1) is 0 Å². The molecule has 1 rings (SSSR count). The summed E-state index contributed by atoms with van der Waals surface area (Å²) in [5.74, 6) is -1.21. The van der Waals surface area contributed by atoms with E-state index >= 15 is 0 Å². The molecule has 1 atom stereocenters. The van der Waals surface area contributed by atoms with Crippen LogP contribution < -0.4 is 5.32 Å². The van der Waals surface area contributed by atoms with Crippen LogP contribution in [0.3, 0.4) is 0 Å². The van der Waals surface area contributed by atoms with Crippen molar-refractivity contribution >= 4 is 30.7 Å². The number of thiol groups is 1. The van der Waals surface area contributed by atoms with Gasteiger partial charge in [0.2, 0.25) is 0 Å². The summed E-state index contributed by atoms with van der Waals surface area (Å²) in [6, 6.07) is 8.15. The highest BCUT2D eigenvalue weighted by Crippen LogP contribution is 2.03. The van der Waals surface area contributed by atoms with E-state index in [1.54, 1.807) is 0 Å². The summed E-state index contributed by atoms with van der Waals surface area (Å²) in [5, 5.41) is 2.36. The molecule has 0 aliphatic rings. The lowest BCUT2D eigenvalue weighted by Gasteiger charge is -2.15. The highest BCUT2D eigenvalue weighted by molar-refractivity contribution is 7.80. The van der Waals surface area contributed by atoms with Gasteiger partial charge in [-0.3, -0.25) is 4.79 Å². The molecule has 1 aromatic rings. The normalized spacial score (nSPS) is 11.3. The summed E-state index contributed by atoms with van der Waals surface area (Å²) in [6.07, 6.45) is -0.526. The summed E-state index contributed by atoms with van der Waals surface area (Å²) in [6.45, 7) is 1.20. The Hall–Kier alpha value is -2.02. The van der Waals surface area contributed by atoms with Crippen molar-refractivity contribution in [3.05, 3.63) is 35.9 Å². The molecule has 0 bridgehead atoms. The second-order valence-corrected chi connectivity index (χ2v) is 4.63. The Morgan fingerprint density at radius 2 is 1.90 bits per heavy atom. The van der Waals surface area contributed by atoms with Crippen LogP contribution in [0.1, 0.15) is 18.9 Å². The molecular formula is C14H17NO5S. The Bertz CT molecular complexity index is 491. The molecule has 7 heteroatoms. The zero-order valence-corrected chi connectivity index (χ0v) is 12.5. The van der Waals surface area contributed by atoms with E-state index in [9.17, 15) is 14.4 Å². The van der Waals surface area contributed by atoms with Crippen molar-refractivity contribution in [1.82, 2.24) is 5.32 Å². The molecule has 114 valence electrons. The van der Waals surface area contributed by atoms with Crippen LogP contribution in [0.15, 0.2) is 30.3 Å². The number of alkyl carbamates (subject to hydrolysis) is 1. The molecule has 0 radical (unpaired) electrons. The highest BCUT2D eigenvalue weighted by Gasteiger charge is 2.23. The van der Waals surface area contributed by atoms with Gasteiger partial charge in [0.05, 0.1) is 0 Å². The maximum Gasteiger partial charge on any atom is 0.408 e. The SMILES string of the molecule is CC(=O)OC(=O)[C@H](CCS)NC(=O)OCc1ccccc1. The van der Waals surface area contributed by atoms with E-state index in [-0.39, 0.29) is 13.0 Å². The van der Waals surface area contributed by atoms with E-state index < -0.39 is 24.1 Å². The predicted molar refractivity (Wildman–Crippen MR) is 78.8 cm³/mol. The van der Waals surface area contributed by atoms with Gasteiger partial charge in [-0.05, 0) is 17.7 Å². The highest BCUT2D eigenvalue weighted by atomic mass is 32.1. The van der Waals surface area contributed by atoms with Gasteiger partial charge in [0, 0.05) is 6.92 Å². The largest absolute Gasteiger partial charge is 0.445 e. The number of amides is 1. The summed E-state index contributed by atoms with van der Waals surface area (Å²) < 4.78 is 9.44. The van der Waals surface area contributed by atoms with Gasteiger partial charge in [-0.1, -0.05) is 30.3 Å². The summed E-state index contributed by atoms with van der Waals surface area (Å²) in [7, 11) is 0. The van der Waals surface area contributed by atoms with Crippen molar-refractivity contribution in [1.29, 1.82) is 0 Å². The lowest BCUT2D eigenvalue weighted by atomic mass is 10.2. The third kappa shape index (κ3) is 6.80. The van der Waals surface area contributed by atoms with Crippen molar-refractivity contribution in [3.8, 4) is 0 Å². The maximum absolute atomic E-state index is 11.6. The molecular weight excluding hydrogens is 294 g/mol. The first kappa shape index (κ1) is 17.0. The van der Waals surface area contributed by atoms with Crippen molar-refractivity contribution < 1.29 is 23.9 Å². The van der Waals surface area contributed by atoms with Crippen LogP contribution in [0.25, 0.3) is 0 Å². The Morgan fingerprint density at radius 1 is 1.24 bits per heavy atom. The fraction of sp³-hybridized carbons (Fsp3) is 0.357. The lowest BCUT2D eigenvalue weighted by molar-refractivity contribution is -0.159. The average Bonchev–Trinajstić information content (AvgIpc) is 2.45. The zero-order valence-electron chi connectivity index (χ0n) is 11.6. The molecule has 0 spiro atoms. The molecule has 0 aliphatic heterocycles. The van der Waals surface area contributed by atoms with Gasteiger partial charge in [0.15, 0.2) is 0 Å². The van der Waals surface area contributed by atoms with E-state index in [4.69, 9.17) is 4.74 Å². The number of benzene rings is 1. The molecule has 0 unspecified atom stereocenters. The number of hydrogen-bond acceptors (Lipinski definition) is 6. The minimum Gasteiger partial charge on any atom is -0.445 e. The van der Waals surface area contributed by atoms with Crippen LogP contribution in [-0.4, -0.2) is 29.8 Å². The zero-order chi connectivity index (χ0) is 15.7. The molecule has 1 amide bonds. The first-order chi connectivity index (χ1) is 10.0. The number of carbonyl (C=O) groups excluding carboxylic acids is 3. The Balaban J connectivity index is 2.48. The molecule has 1 N–H and O–H groups in total. The van der Waals surface area contributed by atoms with E-state index in [1.807, 2.05) is 30.3 Å². The average molecular weight is 311 g/mol.